The van der Waals surface area contributed by atoms with Crippen LogP contribution < -0.4 is 5.11 Å². The Bertz CT molecular complexity index is 33.4. The predicted octanol–water partition coefficient (Wildman–Crippen LogP) is -3.72. The third kappa shape index (κ3) is 208000. The van der Waals surface area contributed by atoms with Gasteiger partial charge in [-0.1, -0.05) is 0 Å². The van der Waals surface area contributed by atoms with Crippen LogP contribution in [-0.4, -0.2) is 22.4 Å². The number of carbonyl (C=O) groups excluding carboxylic acids is 1. The molecule has 0 rings (SSSR count). The van der Waals surface area contributed by atoms with Crippen LogP contribution in [0.1, 0.15) is 6.92 Å². The standard InChI is InChI=1S/C2H4O2.3H2O.Zn/c1-2(3)4;;;;/h1H3,(H,3,4);3*1H2;/q;;;;+2/p-1. The molecule has 0 heterocycles. The van der Waals surface area contributed by atoms with Crippen molar-refractivity contribution in [2.75, 3.05) is 0 Å². The first-order chi connectivity index (χ1) is 1.73. The SMILES string of the molecule is CC(=O)[O-].O.O.O.[Zn+2]. The third-order valence-electron chi connectivity index (χ3n) is 0. The van der Waals surface area contributed by atoms with Gasteiger partial charge in [0.25, 0.3) is 0 Å². The fourth-order valence-electron chi connectivity index (χ4n) is 0. The number of aliphatic carboxylic acids is 1. The van der Waals surface area contributed by atoms with E-state index in [1.165, 1.54) is 0 Å². The normalized spacial score (nSPS) is 3.12. The van der Waals surface area contributed by atoms with Crippen molar-refractivity contribution in [3.05, 3.63) is 0 Å². The number of rotatable bonds is 0. The van der Waals surface area contributed by atoms with E-state index in [2.05, 4.69) is 0 Å². The maximum Gasteiger partial charge on any atom is 2.00 e. The van der Waals surface area contributed by atoms with Gasteiger partial charge in [0.15, 0.2) is 0 Å². The Morgan fingerprint density at radius 1 is 1.25 bits per heavy atom. The molecule has 0 spiro atoms. The van der Waals surface area contributed by atoms with Gasteiger partial charge in [-0.2, -0.15) is 0 Å². The first-order valence-electron chi connectivity index (χ1n) is 0.908. The van der Waals surface area contributed by atoms with Gasteiger partial charge in [-0.3, -0.25) is 0 Å². The Morgan fingerprint density at radius 2 is 1.25 bits per heavy atom. The van der Waals surface area contributed by atoms with Crippen LogP contribution in [0.25, 0.3) is 0 Å². The van der Waals surface area contributed by atoms with Crippen LogP contribution in [0.5, 0.6) is 0 Å². The number of carboxylic acid groups (broad SMARTS) is 1. The molecule has 0 aliphatic heterocycles. The van der Waals surface area contributed by atoms with Crippen LogP contribution in [0.3, 0.4) is 0 Å². The zero-order valence-corrected chi connectivity index (χ0v) is 7.49. The summed E-state index contributed by atoms with van der Waals surface area (Å²) in [6.07, 6.45) is 0. The molecule has 0 aromatic rings. The van der Waals surface area contributed by atoms with Crippen LogP contribution in [0.4, 0.5) is 0 Å². The van der Waals surface area contributed by atoms with Crippen LogP contribution >= 0.6 is 0 Å². The first-order valence-corrected chi connectivity index (χ1v) is 0.908. The van der Waals surface area contributed by atoms with Crippen LogP contribution in [0.2, 0.25) is 0 Å². The van der Waals surface area contributed by atoms with Gasteiger partial charge in [-0.25, -0.2) is 0 Å². The molecule has 0 aliphatic rings. The number of hydrogen-bond donors (Lipinski definition) is 0. The molecule has 0 bridgehead atoms. The summed E-state index contributed by atoms with van der Waals surface area (Å²) in [5.41, 5.74) is 0. The Labute approximate surface area is 59.4 Å². The maximum atomic E-state index is 8.89. The number of carboxylic acids is 1. The molecule has 0 aliphatic carbocycles. The predicted molar refractivity (Wildman–Crippen MR) is 21.5 cm³/mol. The van der Waals surface area contributed by atoms with Crippen molar-refractivity contribution >= 4 is 5.97 Å². The molecule has 0 saturated carbocycles. The molecule has 8 heavy (non-hydrogen) atoms. The van der Waals surface area contributed by atoms with Crippen molar-refractivity contribution in [2.45, 2.75) is 6.92 Å². The second kappa shape index (κ2) is 28.1. The summed E-state index contributed by atoms with van der Waals surface area (Å²) in [7, 11) is 0. The fourth-order valence-corrected chi connectivity index (χ4v) is 0. The summed E-state index contributed by atoms with van der Waals surface area (Å²) in [6.45, 7) is 0.972. The first kappa shape index (κ1) is 43.9. The molecule has 5 nitrogen and oxygen atoms in total. The molecule has 48 valence electrons. The van der Waals surface area contributed by atoms with Crippen molar-refractivity contribution in [3.63, 3.8) is 0 Å². The minimum atomic E-state index is -1.08. The maximum absolute atomic E-state index is 8.89. The zero-order chi connectivity index (χ0) is 3.58. The van der Waals surface area contributed by atoms with E-state index in [9.17, 15) is 0 Å². The topological polar surface area (TPSA) is 135 Å². The molecule has 0 saturated heterocycles. The van der Waals surface area contributed by atoms with E-state index in [4.69, 9.17) is 9.90 Å². The van der Waals surface area contributed by atoms with E-state index in [0.29, 0.717) is 0 Å². The Balaban J connectivity index is -0.00000000750. The molecular weight excluding hydrogens is 169 g/mol. The van der Waals surface area contributed by atoms with E-state index in [1.807, 2.05) is 0 Å². The van der Waals surface area contributed by atoms with Gasteiger partial charge in [-0.15, -0.1) is 0 Å². The summed E-state index contributed by atoms with van der Waals surface area (Å²) in [5, 5.41) is 8.89. The van der Waals surface area contributed by atoms with E-state index in [1.54, 1.807) is 0 Å². The van der Waals surface area contributed by atoms with E-state index in [0.717, 1.165) is 6.92 Å². The smallest absolute Gasteiger partial charge is 0.550 e. The van der Waals surface area contributed by atoms with Crippen molar-refractivity contribution in [3.8, 4) is 0 Å². The van der Waals surface area contributed by atoms with Gasteiger partial charge >= 0.3 is 19.5 Å². The van der Waals surface area contributed by atoms with Crippen molar-refractivity contribution in [2.24, 2.45) is 0 Å². The molecular formula is C2H9O5Zn+. The largest absolute Gasteiger partial charge is 2.00 e. The van der Waals surface area contributed by atoms with Crippen molar-refractivity contribution in [1.82, 2.24) is 0 Å². The molecule has 0 atom stereocenters. The average Bonchev–Trinajstić information content (AvgIpc) is 0.811. The molecule has 0 amide bonds. The van der Waals surface area contributed by atoms with Crippen molar-refractivity contribution < 1.29 is 45.8 Å². The second-order valence-electron chi connectivity index (χ2n) is 0.492. The van der Waals surface area contributed by atoms with Gasteiger partial charge in [0.1, 0.15) is 0 Å². The summed E-state index contributed by atoms with van der Waals surface area (Å²) in [5.74, 6) is -1.08. The summed E-state index contributed by atoms with van der Waals surface area (Å²) < 4.78 is 0. The molecule has 0 fully saturated rings. The van der Waals surface area contributed by atoms with E-state index in [-0.39, 0.29) is 35.9 Å². The summed E-state index contributed by atoms with van der Waals surface area (Å²) in [4.78, 5) is 8.89. The summed E-state index contributed by atoms with van der Waals surface area (Å²) >= 11 is 0. The van der Waals surface area contributed by atoms with Crippen LogP contribution in [-0.2, 0) is 24.3 Å². The zero-order valence-electron chi connectivity index (χ0n) is 4.52. The molecule has 6 N–H and O–H groups in total. The number of carbonyl (C=O) groups is 1. The summed E-state index contributed by atoms with van der Waals surface area (Å²) in [6, 6.07) is 0. The van der Waals surface area contributed by atoms with E-state index < -0.39 is 5.97 Å². The minimum Gasteiger partial charge on any atom is -0.550 e. The fraction of sp³-hybridized carbons (Fsp3) is 0.500. The molecule has 0 radical (unpaired) electrons. The monoisotopic (exact) mass is 177 g/mol. The Morgan fingerprint density at radius 3 is 1.25 bits per heavy atom. The molecule has 0 unspecified atom stereocenters. The van der Waals surface area contributed by atoms with Crippen molar-refractivity contribution in [1.29, 1.82) is 0 Å². The molecule has 0 aromatic heterocycles. The molecule has 0 aromatic carbocycles. The van der Waals surface area contributed by atoms with Gasteiger partial charge in [0.2, 0.25) is 0 Å². The van der Waals surface area contributed by atoms with E-state index >= 15 is 0 Å². The quantitative estimate of drug-likeness (QED) is 0.353. The van der Waals surface area contributed by atoms with Gasteiger partial charge in [0, 0.05) is 5.97 Å². The molecule has 6 heteroatoms. The van der Waals surface area contributed by atoms with Crippen LogP contribution in [0.15, 0.2) is 0 Å². The Hall–Kier alpha value is -0.0266. The third-order valence-corrected chi connectivity index (χ3v) is 0. The average molecular weight is 178 g/mol. The van der Waals surface area contributed by atoms with Gasteiger partial charge in [0.05, 0.1) is 0 Å². The van der Waals surface area contributed by atoms with Crippen LogP contribution in [0, 0.1) is 0 Å². The Kier molecular flexibility index (Phi) is 154. The van der Waals surface area contributed by atoms with Gasteiger partial charge < -0.3 is 26.3 Å². The van der Waals surface area contributed by atoms with Gasteiger partial charge in [-0.05, 0) is 6.92 Å². The second-order valence-corrected chi connectivity index (χ2v) is 0.492. The number of hydrogen-bond acceptors (Lipinski definition) is 2. The minimum absolute atomic E-state index is 0.